The van der Waals surface area contributed by atoms with Gasteiger partial charge in [0.2, 0.25) is 0 Å². The Labute approximate surface area is 104 Å². The highest BCUT2D eigenvalue weighted by Gasteiger charge is 2.14. The number of nitrogens with zero attached hydrogens (tertiary/aromatic N) is 2. The maximum atomic E-state index is 4.27. The van der Waals surface area contributed by atoms with Gasteiger partial charge in [0.25, 0.3) is 0 Å². The zero-order valence-corrected chi connectivity index (χ0v) is 10.8. The Kier molecular flexibility index (Phi) is 4.92. The number of aryl methyl sites for hydroxylation is 2. The Balaban J connectivity index is 1.87. The number of hydrogen-bond donors (Lipinski definition) is 1. The van der Waals surface area contributed by atoms with Crippen molar-refractivity contribution in [3.63, 3.8) is 0 Å². The van der Waals surface area contributed by atoms with Crippen molar-refractivity contribution in [3.05, 3.63) is 23.0 Å². The molecule has 3 heteroatoms. The minimum Gasteiger partial charge on any atom is -0.317 e. The van der Waals surface area contributed by atoms with Gasteiger partial charge >= 0.3 is 0 Å². The van der Waals surface area contributed by atoms with E-state index in [2.05, 4.69) is 22.4 Å². The predicted octanol–water partition coefficient (Wildman–Crippen LogP) is 2.29. The van der Waals surface area contributed by atoms with E-state index < -0.39 is 0 Å². The fraction of sp³-hybridized carbons (Fsp3) is 0.714. The Bertz CT molecular complexity index is 349. The molecule has 0 atom stereocenters. The second-order valence-corrected chi connectivity index (χ2v) is 4.86. The molecule has 0 spiro atoms. The summed E-state index contributed by atoms with van der Waals surface area (Å²) >= 11 is 0. The molecule has 1 heterocycles. The molecule has 1 aliphatic carbocycles. The zero-order chi connectivity index (χ0) is 11.9. The van der Waals surface area contributed by atoms with Gasteiger partial charge in [-0.05, 0) is 69.2 Å². The van der Waals surface area contributed by atoms with Gasteiger partial charge in [-0.1, -0.05) is 6.92 Å². The summed E-state index contributed by atoms with van der Waals surface area (Å²) in [6.07, 6.45) is 10.5. The minimum atomic E-state index is 1.12. The predicted molar refractivity (Wildman–Crippen MR) is 70.2 cm³/mol. The SMILES string of the molecule is CCCNCCCc1cnnc2c1CCCC2. The number of rotatable bonds is 6. The van der Waals surface area contributed by atoms with Gasteiger partial charge in [-0.15, -0.1) is 0 Å². The number of aromatic nitrogens is 2. The van der Waals surface area contributed by atoms with Crippen LogP contribution in [-0.4, -0.2) is 23.3 Å². The molecule has 0 saturated heterocycles. The van der Waals surface area contributed by atoms with Crippen LogP contribution in [0.15, 0.2) is 6.20 Å². The number of hydrogen-bond acceptors (Lipinski definition) is 3. The fourth-order valence-electron chi connectivity index (χ4n) is 2.51. The average molecular weight is 233 g/mol. The molecule has 0 bridgehead atoms. The highest BCUT2D eigenvalue weighted by Crippen LogP contribution is 2.22. The summed E-state index contributed by atoms with van der Waals surface area (Å²) in [5, 5.41) is 11.9. The third kappa shape index (κ3) is 3.50. The lowest BCUT2D eigenvalue weighted by molar-refractivity contribution is 0.620. The lowest BCUT2D eigenvalue weighted by Gasteiger charge is -2.17. The van der Waals surface area contributed by atoms with Gasteiger partial charge in [-0.25, -0.2) is 0 Å². The Hall–Kier alpha value is -0.960. The molecule has 0 amide bonds. The lowest BCUT2D eigenvalue weighted by Crippen LogP contribution is -2.17. The molecule has 0 radical (unpaired) electrons. The van der Waals surface area contributed by atoms with Crippen LogP contribution in [0.25, 0.3) is 0 Å². The van der Waals surface area contributed by atoms with Gasteiger partial charge < -0.3 is 5.32 Å². The van der Waals surface area contributed by atoms with Crippen molar-refractivity contribution in [2.75, 3.05) is 13.1 Å². The first-order valence-corrected chi connectivity index (χ1v) is 6.95. The first-order valence-electron chi connectivity index (χ1n) is 6.95. The summed E-state index contributed by atoms with van der Waals surface area (Å²) in [4.78, 5) is 0. The summed E-state index contributed by atoms with van der Waals surface area (Å²) in [6.45, 7) is 4.45. The van der Waals surface area contributed by atoms with Crippen LogP contribution in [0, 0.1) is 0 Å². The van der Waals surface area contributed by atoms with Crippen LogP contribution in [0.1, 0.15) is 49.4 Å². The van der Waals surface area contributed by atoms with Crippen LogP contribution in [0.4, 0.5) is 0 Å². The van der Waals surface area contributed by atoms with Crippen molar-refractivity contribution in [3.8, 4) is 0 Å². The summed E-state index contributed by atoms with van der Waals surface area (Å²) in [6, 6.07) is 0. The van der Waals surface area contributed by atoms with Crippen LogP contribution in [0.5, 0.6) is 0 Å². The van der Waals surface area contributed by atoms with E-state index in [9.17, 15) is 0 Å². The van der Waals surface area contributed by atoms with Crippen molar-refractivity contribution < 1.29 is 0 Å². The van der Waals surface area contributed by atoms with E-state index in [-0.39, 0.29) is 0 Å². The minimum absolute atomic E-state index is 1.12. The molecule has 0 saturated carbocycles. The molecule has 3 nitrogen and oxygen atoms in total. The van der Waals surface area contributed by atoms with Crippen LogP contribution in [0.3, 0.4) is 0 Å². The van der Waals surface area contributed by atoms with Crippen LogP contribution < -0.4 is 5.32 Å². The normalized spacial score (nSPS) is 14.6. The van der Waals surface area contributed by atoms with Gasteiger partial charge in [0, 0.05) is 0 Å². The standard InChI is InChI=1S/C14H23N3/c1-2-9-15-10-5-6-12-11-16-17-14-8-4-3-7-13(12)14/h11,15H,2-10H2,1H3. The van der Waals surface area contributed by atoms with Crippen molar-refractivity contribution in [1.82, 2.24) is 15.5 Å². The van der Waals surface area contributed by atoms with Crippen LogP contribution in [0.2, 0.25) is 0 Å². The summed E-state index contributed by atoms with van der Waals surface area (Å²) in [5.74, 6) is 0. The van der Waals surface area contributed by atoms with Gasteiger partial charge in [0.1, 0.15) is 0 Å². The molecule has 0 aliphatic heterocycles. The second kappa shape index (κ2) is 6.70. The molecule has 1 N–H and O–H groups in total. The number of nitrogens with one attached hydrogen (secondary N) is 1. The molecule has 17 heavy (non-hydrogen) atoms. The summed E-state index contributed by atoms with van der Waals surface area (Å²) in [5.41, 5.74) is 4.20. The Morgan fingerprint density at radius 1 is 1.24 bits per heavy atom. The van der Waals surface area contributed by atoms with Crippen molar-refractivity contribution in [2.45, 2.75) is 51.9 Å². The molecule has 1 aliphatic rings. The molecule has 1 aromatic heterocycles. The first kappa shape index (κ1) is 12.5. The van der Waals surface area contributed by atoms with E-state index in [0.717, 1.165) is 25.9 Å². The van der Waals surface area contributed by atoms with E-state index >= 15 is 0 Å². The molecule has 94 valence electrons. The Morgan fingerprint density at radius 2 is 2.12 bits per heavy atom. The summed E-state index contributed by atoms with van der Waals surface area (Å²) < 4.78 is 0. The van der Waals surface area contributed by atoms with E-state index in [0.29, 0.717) is 0 Å². The summed E-state index contributed by atoms with van der Waals surface area (Å²) in [7, 11) is 0. The molecular formula is C14H23N3. The fourth-order valence-corrected chi connectivity index (χ4v) is 2.51. The lowest BCUT2D eigenvalue weighted by atomic mass is 9.92. The zero-order valence-electron chi connectivity index (χ0n) is 10.8. The molecule has 1 aromatic rings. The third-order valence-corrected chi connectivity index (χ3v) is 3.44. The monoisotopic (exact) mass is 233 g/mol. The van der Waals surface area contributed by atoms with E-state index in [1.807, 2.05) is 6.20 Å². The highest BCUT2D eigenvalue weighted by atomic mass is 15.1. The van der Waals surface area contributed by atoms with E-state index in [1.54, 1.807) is 0 Å². The quantitative estimate of drug-likeness (QED) is 0.766. The average Bonchev–Trinajstić information content (AvgIpc) is 2.39. The van der Waals surface area contributed by atoms with Gasteiger partial charge in [-0.2, -0.15) is 10.2 Å². The van der Waals surface area contributed by atoms with Gasteiger partial charge in [0.05, 0.1) is 11.9 Å². The Morgan fingerprint density at radius 3 is 3.00 bits per heavy atom. The van der Waals surface area contributed by atoms with E-state index in [4.69, 9.17) is 0 Å². The largest absolute Gasteiger partial charge is 0.317 e. The molecular weight excluding hydrogens is 210 g/mol. The molecule has 2 rings (SSSR count). The number of fused-ring (bicyclic) bond motifs is 1. The van der Waals surface area contributed by atoms with Crippen molar-refractivity contribution in [2.24, 2.45) is 0 Å². The molecule has 0 fully saturated rings. The second-order valence-electron chi connectivity index (χ2n) is 4.86. The third-order valence-electron chi connectivity index (χ3n) is 3.44. The van der Waals surface area contributed by atoms with E-state index in [1.165, 1.54) is 48.9 Å². The van der Waals surface area contributed by atoms with Gasteiger partial charge in [0.15, 0.2) is 0 Å². The maximum absolute atomic E-state index is 4.27. The molecule has 0 aromatic carbocycles. The topological polar surface area (TPSA) is 37.8 Å². The highest BCUT2D eigenvalue weighted by molar-refractivity contribution is 5.29. The van der Waals surface area contributed by atoms with Crippen molar-refractivity contribution >= 4 is 0 Å². The molecule has 0 unspecified atom stereocenters. The van der Waals surface area contributed by atoms with Crippen molar-refractivity contribution in [1.29, 1.82) is 0 Å². The van der Waals surface area contributed by atoms with Gasteiger partial charge in [-0.3, -0.25) is 0 Å². The first-order chi connectivity index (χ1) is 8.42. The van der Waals surface area contributed by atoms with Crippen LogP contribution in [-0.2, 0) is 19.3 Å². The maximum Gasteiger partial charge on any atom is 0.0665 e. The smallest absolute Gasteiger partial charge is 0.0665 e. The van der Waals surface area contributed by atoms with Crippen LogP contribution >= 0.6 is 0 Å².